The predicted molar refractivity (Wildman–Crippen MR) is 167 cm³/mol. The molecule has 0 N–H and O–H groups in total. The molecule has 0 saturated heterocycles. The highest BCUT2D eigenvalue weighted by atomic mass is 28.3. The van der Waals surface area contributed by atoms with Crippen molar-refractivity contribution in [3.63, 3.8) is 0 Å². The minimum atomic E-state index is -1.87. The molecule has 2 aliphatic carbocycles. The van der Waals surface area contributed by atoms with Gasteiger partial charge >= 0.3 is 0 Å². The molecule has 1 unspecified atom stereocenters. The molecule has 0 heterocycles. The van der Waals surface area contributed by atoms with E-state index >= 15 is 0 Å². The first-order valence-electron chi connectivity index (χ1n) is 13.9. The maximum atomic E-state index is 2.59. The standard InChI is InChI=1S/C36H44Si/c1-23-17-25-13-11-16-33(31(25)18-23)37(9,10)34-24(2)19-32-29(14-12-15-30(32)34)26-20-27(35(3,4)5)22-28(21-26)36(6,7)8/h11-16,18-22,34H,17H2,1-10H3. The van der Waals surface area contributed by atoms with Crippen LogP contribution in [-0.4, -0.2) is 8.07 Å². The third kappa shape index (κ3) is 4.50. The van der Waals surface area contributed by atoms with Crippen molar-refractivity contribution in [2.75, 3.05) is 0 Å². The first kappa shape index (κ1) is 26.0. The Morgan fingerprint density at radius 1 is 0.730 bits per heavy atom. The molecule has 0 aliphatic heterocycles. The summed E-state index contributed by atoms with van der Waals surface area (Å²) in [5, 5.41) is 1.61. The van der Waals surface area contributed by atoms with E-state index in [1.54, 1.807) is 5.19 Å². The van der Waals surface area contributed by atoms with Gasteiger partial charge in [0.05, 0.1) is 8.07 Å². The molecule has 0 fully saturated rings. The van der Waals surface area contributed by atoms with Crippen LogP contribution in [0.2, 0.25) is 13.1 Å². The van der Waals surface area contributed by atoms with Crippen molar-refractivity contribution in [2.24, 2.45) is 0 Å². The zero-order valence-corrected chi connectivity index (χ0v) is 25.6. The number of fused-ring (bicyclic) bond motifs is 2. The summed E-state index contributed by atoms with van der Waals surface area (Å²) in [4.78, 5) is 0. The Kier molecular flexibility index (Phi) is 6.11. The largest absolute Gasteiger partial charge is 0.0931 e. The molecule has 37 heavy (non-hydrogen) atoms. The number of hydrogen-bond acceptors (Lipinski definition) is 0. The van der Waals surface area contributed by atoms with E-state index in [-0.39, 0.29) is 10.8 Å². The van der Waals surface area contributed by atoms with Crippen LogP contribution >= 0.6 is 0 Å². The molecule has 0 bridgehead atoms. The van der Waals surface area contributed by atoms with E-state index in [4.69, 9.17) is 0 Å². The first-order valence-corrected chi connectivity index (χ1v) is 17.0. The maximum Gasteiger partial charge on any atom is 0.0931 e. The topological polar surface area (TPSA) is 0 Å². The van der Waals surface area contributed by atoms with Crippen LogP contribution in [0, 0.1) is 0 Å². The van der Waals surface area contributed by atoms with Gasteiger partial charge in [0, 0.05) is 5.54 Å². The third-order valence-corrected chi connectivity index (χ3v) is 12.8. The van der Waals surface area contributed by atoms with Crippen molar-refractivity contribution < 1.29 is 0 Å². The maximum absolute atomic E-state index is 2.59. The highest BCUT2D eigenvalue weighted by Gasteiger charge is 2.41. The molecule has 0 aromatic heterocycles. The average molecular weight is 505 g/mol. The Morgan fingerprint density at radius 2 is 1.35 bits per heavy atom. The van der Waals surface area contributed by atoms with E-state index in [9.17, 15) is 0 Å². The Bertz CT molecular complexity index is 1410. The van der Waals surface area contributed by atoms with Gasteiger partial charge < -0.3 is 0 Å². The van der Waals surface area contributed by atoms with Gasteiger partial charge in [-0.25, -0.2) is 0 Å². The van der Waals surface area contributed by atoms with Crippen LogP contribution in [0.25, 0.3) is 23.3 Å². The lowest BCUT2D eigenvalue weighted by Crippen LogP contribution is -2.49. The van der Waals surface area contributed by atoms with Crippen LogP contribution in [0.4, 0.5) is 0 Å². The Balaban J connectivity index is 1.67. The van der Waals surface area contributed by atoms with Crippen LogP contribution in [0.5, 0.6) is 0 Å². The summed E-state index contributed by atoms with van der Waals surface area (Å²) in [6, 6.07) is 21.4. The lowest BCUT2D eigenvalue weighted by atomic mass is 9.78. The van der Waals surface area contributed by atoms with Crippen LogP contribution in [0.3, 0.4) is 0 Å². The smallest absolute Gasteiger partial charge is 0.0683 e. The van der Waals surface area contributed by atoms with E-state index in [0.29, 0.717) is 5.54 Å². The van der Waals surface area contributed by atoms with Gasteiger partial charge in [-0.3, -0.25) is 0 Å². The Hall–Kier alpha value is -2.64. The van der Waals surface area contributed by atoms with Gasteiger partial charge in [0.2, 0.25) is 0 Å². The third-order valence-electron chi connectivity index (χ3n) is 8.73. The molecule has 0 amide bonds. The van der Waals surface area contributed by atoms with Crippen molar-refractivity contribution in [2.45, 2.75) is 91.3 Å². The van der Waals surface area contributed by atoms with Crippen LogP contribution in [-0.2, 0) is 17.3 Å². The van der Waals surface area contributed by atoms with E-state index in [0.717, 1.165) is 6.42 Å². The molecule has 1 heteroatoms. The fourth-order valence-electron chi connectivity index (χ4n) is 6.66. The van der Waals surface area contributed by atoms with Crippen molar-refractivity contribution in [3.8, 4) is 11.1 Å². The van der Waals surface area contributed by atoms with E-state index in [2.05, 4.69) is 135 Å². The van der Waals surface area contributed by atoms with Gasteiger partial charge in [0.1, 0.15) is 0 Å². The summed E-state index contributed by atoms with van der Waals surface area (Å²) in [5.41, 5.74) is 15.3. The zero-order valence-electron chi connectivity index (χ0n) is 24.6. The summed E-state index contributed by atoms with van der Waals surface area (Å²) in [5.74, 6) is 0. The van der Waals surface area contributed by atoms with Gasteiger partial charge in [0.25, 0.3) is 0 Å². The lowest BCUT2D eigenvalue weighted by Gasteiger charge is -2.34. The zero-order chi connectivity index (χ0) is 26.9. The number of allylic oxidation sites excluding steroid dienone is 2. The fourth-order valence-corrected chi connectivity index (χ4v) is 10.7. The normalized spacial score (nSPS) is 17.4. The number of benzene rings is 3. The Labute approximate surface area is 226 Å². The number of rotatable bonds is 3. The average Bonchev–Trinajstić information content (AvgIpc) is 3.35. The number of hydrogen-bond donors (Lipinski definition) is 0. The highest BCUT2D eigenvalue weighted by molar-refractivity contribution is 6.92. The van der Waals surface area contributed by atoms with E-state index in [1.165, 1.54) is 55.7 Å². The lowest BCUT2D eigenvalue weighted by molar-refractivity contribution is 0.569. The molecule has 3 aromatic rings. The first-order chi connectivity index (χ1) is 17.2. The summed E-state index contributed by atoms with van der Waals surface area (Å²) >= 11 is 0. The Morgan fingerprint density at radius 3 is 1.97 bits per heavy atom. The molecule has 1 atom stereocenters. The second-order valence-electron chi connectivity index (χ2n) is 14.2. The molecule has 0 radical (unpaired) electrons. The van der Waals surface area contributed by atoms with Crippen molar-refractivity contribution in [1.82, 2.24) is 0 Å². The second kappa shape index (κ2) is 8.70. The second-order valence-corrected chi connectivity index (χ2v) is 18.8. The van der Waals surface area contributed by atoms with Crippen molar-refractivity contribution >= 4 is 25.4 Å². The van der Waals surface area contributed by atoms with Gasteiger partial charge in [0.15, 0.2) is 0 Å². The molecule has 3 aromatic carbocycles. The van der Waals surface area contributed by atoms with Crippen molar-refractivity contribution in [1.29, 1.82) is 0 Å². The summed E-state index contributed by atoms with van der Waals surface area (Å²) < 4.78 is 0. The van der Waals surface area contributed by atoms with Gasteiger partial charge in [-0.2, -0.15) is 0 Å². The van der Waals surface area contributed by atoms with E-state index in [1.807, 2.05) is 0 Å². The summed E-state index contributed by atoms with van der Waals surface area (Å²) in [7, 11) is -1.87. The molecular weight excluding hydrogens is 460 g/mol. The fraction of sp³-hybridized carbons (Fsp3) is 0.389. The molecule has 2 aliphatic rings. The van der Waals surface area contributed by atoms with Gasteiger partial charge in [-0.05, 0) is 75.6 Å². The monoisotopic (exact) mass is 504 g/mol. The van der Waals surface area contributed by atoms with Crippen LogP contribution < -0.4 is 5.19 Å². The quantitative estimate of drug-likeness (QED) is 0.311. The van der Waals surface area contributed by atoms with Gasteiger partial charge in [-0.1, -0.05) is 138 Å². The SMILES string of the molecule is CC1=Cc2c(cccc2[Si](C)(C)C2C(C)=Cc3c(-c4cc(C(C)(C)C)cc(C(C)(C)C)c4)cccc32)C1. The molecular formula is C36H44Si. The minimum Gasteiger partial charge on any atom is -0.0683 e. The highest BCUT2D eigenvalue weighted by Crippen LogP contribution is 2.46. The molecule has 0 nitrogen and oxygen atoms in total. The van der Waals surface area contributed by atoms with Crippen LogP contribution in [0.1, 0.15) is 94.3 Å². The van der Waals surface area contributed by atoms with Gasteiger partial charge in [-0.15, -0.1) is 0 Å². The molecule has 5 rings (SSSR count). The molecule has 0 spiro atoms. The van der Waals surface area contributed by atoms with Crippen molar-refractivity contribution in [3.05, 3.63) is 99.1 Å². The minimum absolute atomic E-state index is 0.108. The predicted octanol–water partition coefficient (Wildman–Crippen LogP) is 9.56. The summed E-state index contributed by atoms with van der Waals surface area (Å²) in [6.45, 7) is 23.8. The molecule has 0 saturated carbocycles. The van der Waals surface area contributed by atoms with E-state index < -0.39 is 8.07 Å². The molecule has 192 valence electrons. The summed E-state index contributed by atoms with van der Waals surface area (Å²) in [6.07, 6.45) is 6.07. The van der Waals surface area contributed by atoms with Crippen LogP contribution in [0.15, 0.2) is 65.7 Å².